The molecule has 1 amide bonds. The molecule has 116 valence electrons. The van der Waals surface area contributed by atoms with E-state index in [0.29, 0.717) is 12.3 Å². The van der Waals surface area contributed by atoms with Crippen molar-refractivity contribution in [3.63, 3.8) is 0 Å². The molecular formula is C20H25NO. The Hall–Kier alpha value is -2.09. The third-order valence-electron chi connectivity index (χ3n) is 3.73. The second-order valence-electron chi connectivity index (χ2n) is 6.15. The van der Waals surface area contributed by atoms with Crippen molar-refractivity contribution in [1.29, 1.82) is 0 Å². The highest BCUT2D eigenvalue weighted by atomic mass is 16.1. The molecule has 0 fully saturated rings. The molecule has 0 aliphatic rings. The molecule has 1 unspecified atom stereocenters. The minimum absolute atomic E-state index is 0.101. The molecule has 0 radical (unpaired) electrons. The van der Waals surface area contributed by atoms with Crippen molar-refractivity contribution < 1.29 is 4.79 Å². The van der Waals surface area contributed by atoms with Gasteiger partial charge in [-0.05, 0) is 29.9 Å². The lowest BCUT2D eigenvalue weighted by atomic mass is 9.96. The maximum atomic E-state index is 12.3. The molecule has 2 aromatic carbocycles. The maximum absolute atomic E-state index is 12.3. The molecular weight excluding hydrogens is 270 g/mol. The topological polar surface area (TPSA) is 29.1 Å². The van der Waals surface area contributed by atoms with E-state index in [1.165, 1.54) is 11.1 Å². The van der Waals surface area contributed by atoms with Crippen molar-refractivity contribution in [3.8, 4) is 0 Å². The summed E-state index contributed by atoms with van der Waals surface area (Å²) in [5, 5.41) is 3.20. The summed E-state index contributed by atoms with van der Waals surface area (Å²) in [5.74, 6) is 0.665. The van der Waals surface area contributed by atoms with E-state index in [9.17, 15) is 4.79 Å². The molecule has 0 aliphatic carbocycles. The van der Waals surface area contributed by atoms with Gasteiger partial charge < -0.3 is 5.32 Å². The fourth-order valence-electron chi connectivity index (χ4n) is 2.60. The number of amides is 1. The van der Waals surface area contributed by atoms with Gasteiger partial charge in [-0.1, -0.05) is 74.5 Å². The fraction of sp³-hybridized carbons (Fsp3) is 0.350. The molecule has 2 rings (SSSR count). The second-order valence-corrected chi connectivity index (χ2v) is 6.15. The van der Waals surface area contributed by atoms with Crippen molar-refractivity contribution in [2.75, 3.05) is 0 Å². The number of carbonyl (C=O) groups is 1. The van der Waals surface area contributed by atoms with Crippen molar-refractivity contribution in [3.05, 3.63) is 71.8 Å². The van der Waals surface area contributed by atoms with Crippen molar-refractivity contribution in [1.82, 2.24) is 5.32 Å². The summed E-state index contributed by atoms with van der Waals surface area (Å²) in [6, 6.07) is 20.5. The Morgan fingerprint density at radius 2 is 1.55 bits per heavy atom. The molecule has 0 aliphatic heterocycles. The number of aryl methyl sites for hydroxylation is 1. The average molecular weight is 295 g/mol. The summed E-state index contributed by atoms with van der Waals surface area (Å²) in [6.45, 7) is 4.37. The Labute approximate surface area is 133 Å². The van der Waals surface area contributed by atoms with E-state index in [2.05, 4.69) is 43.4 Å². The summed E-state index contributed by atoms with van der Waals surface area (Å²) < 4.78 is 0. The minimum atomic E-state index is 0.101. The summed E-state index contributed by atoms with van der Waals surface area (Å²) in [6.07, 6.45) is 2.28. The monoisotopic (exact) mass is 295 g/mol. The van der Waals surface area contributed by atoms with E-state index >= 15 is 0 Å². The van der Waals surface area contributed by atoms with E-state index in [-0.39, 0.29) is 11.9 Å². The molecule has 0 heterocycles. The van der Waals surface area contributed by atoms with Crippen LogP contribution in [0.25, 0.3) is 0 Å². The van der Waals surface area contributed by atoms with Crippen LogP contribution in [0.15, 0.2) is 60.7 Å². The lowest BCUT2D eigenvalue weighted by molar-refractivity contribution is -0.121. The number of hydrogen-bond acceptors (Lipinski definition) is 1. The molecule has 2 aromatic rings. The molecule has 1 atom stereocenters. The lowest BCUT2D eigenvalue weighted by Gasteiger charge is -2.21. The average Bonchev–Trinajstić information content (AvgIpc) is 2.54. The smallest absolute Gasteiger partial charge is 0.220 e. The number of carbonyl (C=O) groups excluding carboxylic acids is 1. The molecule has 0 saturated carbocycles. The zero-order valence-electron chi connectivity index (χ0n) is 13.5. The molecule has 0 bridgehead atoms. The minimum Gasteiger partial charge on any atom is -0.349 e. The molecule has 0 saturated heterocycles. The first-order valence-corrected chi connectivity index (χ1v) is 8.03. The standard InChI is InChI=1S/C20H25NO/c1-16(2)15-19(18-11-7-4-8-12-18)21-20(22)14-13-17-9-5-3-6-10-17/h3-12,16,19H,13-15H2,1-2H3,(H,21,22). The lowest BCUT2D eigenvalue weighted by Crippen LogP contribution is -2.29. The molecule has 1 N–H and O–H groups in total. The predicted molar refractivity (Wildman–Crippen MR) is 91.5 cm³/mol. The third kappa shape index (κ3) is 5.36. The van der Waals surface area contributed by atoms with E-state index in [0.717, 1.165) is 12.8 Å². The highest BCUT2D eigenvalue weighted by Crippen LogP contribution is 2.21. The third-order valence-corrected chi connectivity index (χ3v) is 3.73. The highest BCUT2D eigenvalue weighted by molar-refractivity contribution is 5.76. The van der Waals surface area contributed by atoms with Crippen LogP contribution in [0.3, 0.4) is 0 Å². The van der Waals surface area contributed by atoms with Gasteiger partial charge in [0.25, 0.3) is 0 Å². The number of benzene rings is 2. The predicted octanol–water partition coefficient (Wildman–Crippen LogP) is 4.52. The van der Waals surface area contributed by atoms with E-state index < -0.39 is 0 Å². The van der Waals surface area contributed by atoms with Crippen LogP contribution in [0.5, 0.6) is 0 Å². The van der Waals surface area contributed by atoms with Crippen LogP contribution in [0.1, 0.15) is 43.9 Å². The van der Waals surface area contributed by atoms with Crippen LogP contribution >= 0.6 is 0 Å². The Balaban J connectivity index is 1.93. The maximum Gasteiger partial charge on any atom is 0.220 e. The van der Waals surface area contributed by atoms with Gasteiger partial charge in [0.2, 0.25) is 5.91 Å². The SMILES string of the molecule is CC(C)CC(NC(=O)CCc1ccccc1)c1ccccc1. The summed E-state index contributed by atoms with van der Waals surface area (Å²) in [5.41, 5.74) is 2.39. The quantitative estimate of drug-likeness (QED) is 0.799. The first-order chi connectivity index (χ1) is 10.6. The van der Waals surface area contributed by atoms with Crippen LogP contribution in [0.2, 0.25) is 0 Å². The van der Waals surface area contributed by atoms with Crippen LogP contribution in [0, 0.1) is 5.92 Å². The molecule has 0 aromatic heterocycles. The van der Waals surface area contributed by atoms with Gasteiger partial charge in [0.05, 0.1) is 6.04 Å². The highest BCUT2D eigenvalue weighted by Gasteiger charge is 2.15. The zero-order chi connectivity index (χ0) is 15.8. The fourth-order valence-corrected chi connectivity index (χ4v) is 2.60. The first-order valence-electron chi connectivity index (χ1n) is 8.03. The van der Waals surface area contributed by atoms with Gasteiger partial charge in [-0.2, -0.15) is 0 Å². The van der Waals surface area contributed by atoms with Crippen molar-refractivity contribution in [2.45, 2.75) is 39.2 Å². The summed E-state index contributed by atoms with van der Waals surface area (Å²) >= 11 is 0. The van der Waals surface area contributed by atoms with Gasteiger partial charge in [-0.15, -0.1) is 0 Å². The van der Waals surface area contributed by atoms with E-state index in [4.69, 9.17) is 0 Å². The summed E-state index contributed by atoms with van der Waals surface area (Å²) in [7, 11) is 0. The van der Waals surface area contributed by atoms with Gasteiger partial charge in [-0.3, -0.25) is 4.79 Å². The summed E-state index contributed by atoms with van der Waals surface area (Å²) in [4.78, 5) is 12.3. The van der Waals surface area contributed by atoms with E-state index in [1.54, 1.807) is 0 Å². The number of rotatable bonds is 7. The second kappa shape index (κ2) is 8.38. The largest absolute Gasteiger partial charge is 0.349 e. The van der Waals surface area contributed by atoms with Crippen LogP contribution < -0.4 is 5.32 Å². The van der Waals surface area contributed by atoms with Gasteiger partial charge in [0.1, 0.15) is 0 Å². The normalized spacial score (nSPS) is 12.1. The molecule has 22 heavy (non-hydrogen) atoms. The first kappa shape index (κ1) is 16.3. The zero-order valence-corrected chi connectivity index (χ0v) is 13.5. The molecule has 0 spiro atoms. The molecule has 2 heteroatoms. The van der Waals surface area contributed by atoms with Crippen LogP contribution in [-0.2, 0) is 11.2 Å². The van der Waals surface area contributed by atoms with E-state index in [1.807, 2.05) is 36.4 Å². The van der Waals surface area contributed by atoms with Gasteiger partial charge in [0, 0.05) is 6.42 Å². The number of nitrogens with one attached hydrogen (secondary N) is 1. The Bertz CT molecular complexity index is 563. The van der Waals surface area contributed by atoms with Gasteiger partial charge in [-0.25, -0.2) is 0 Å². The Morgan fingerprint density at radius 1 is 0.955 bits per heavy atom. The van der Waals surface area contributed by atoms with Crippen LogP contribution in [-0.4, -0.2) is 5.91 Å². The van der Waals surface area contributed by atoms with Crippen molar-refractivity contribution in [2.24, 2.45) is 5.92 Å². The number of hydrogen-bond donors (Lipinski definition) is 1. The Kier molecular flexibility index (Phi) is 6.20. The van der Waals surface area contributed by atoms with Gasteiger partial charge in [0.15, 0.2) is 0 Å². The van der Waals surface area contributed by atoms with Gasteiger partial charge >= 0.3 is 0 Å². The van der Waals surface area contributed by atoms with Crippen molar-refractivity contribution >= 4 is 5.91 Å². The van der Waals surface area contributed by atoms with Crippen LogP contribution in [0.4, 0.5) is 0 Å². The molecule has 2 nitrogen and oxygen atoms in total. The Morgan fingerprint density at radius 3 is 2.14 bits per heavy atom.